The van der Waals surface area contributed by atoms with Crippen molar-refractivity contribution in [2.75, 3.05) is 26.9 Å². The van der Waals surface area contributed by atoms with E-state index in [1.807, 2.05) is 31.3 Å². The number of hydrogen-bond acceptors (Lipinski definition) is 3. The second-order valence-electron chi connectivity index (χ2n) is 3.80. The predicted octanol–water partition coefficient (Wildman–Crippen LogP) is 2.02. The van der Waals surface area contributed by atoms with Gasteiger partial charge in [-0.1, -0.05) is 23.7 Å². The summed E-state index contributed by atoms with van der Waals surface area (Å²) in [5.41, 5.74) is 1.17. The van der Waals surface area contributed by atoms with Gasteiger partial charge in [0.15, 0.2) is 0 Å². The summed E-state index contributed by atoms with van der Waals surface area (Å²) in [5.74, 6) is 0. The number of halogens is 1. The first-order valence-electron chi connectivity index (χ1n) is 5.43. The summed E-state index contributed by atoms with van der Waals surface area (Å²) in [6, 6.07) is 7.97. The molecular weight excluding hydrogens is 226 g/mol. The molecule has 0 aliphatic carbocycles. The number of benzene rings is 1. The van der Waals surface area contributed by atoms with E-state index in [0.29, 0.717) is 19.8 Å². The number of nitrogens with one attached hydrogen (secondary N) is 1. The normalized spacial score (nSPS) is 23.0. The second kappa shape index (κ2) is 5.64. The zero-order valence-corrected chi connectivity index (χ0v) is 10.0. The fourth-order valence-electron chi connectivity index (χ4n) is 1.94. The summed E-state index contributed by atoms with van der Waals surface area (Å²) in [5, 5.41) is 4.01. The number of likely N-dealkylation sites (N-methyl/N-ethyl adjacent to an activating group) is 1. The fourth-order valence-corrected chi connectivity index (χ4v) is 2.06. The molecule has 1 aliphatic heterocycles. The van der Waals surface area contributed by atoms with Gasteiger partial charge in [0.25, 0.3) is 0 Å². The maximum atomic E-state index is 5.87. The quantitative estimate of drug-likeness (QED) is 0.878. The first-order valence-corrected chi connectivity index (χ1v) is 5.81. The molecule has 1 aliphatic rings. The summed E-state index contributed by atoms with van der Waals surface area (Å²) in [7, 11) is 1.93. The zero-order valence-electron chi connectivity index (χ0n) is 9.28. The van der Waals surface area contributed by atoms with Gasteiger partial charge in [-0.05, 0) is 24.7 Å². The van der Waals surface area contributed by atoms with Crippen molar-refractivity contribution in [2.24, 2.45) is 0 Å². The topological polar surface area (TPSA) is 30.5 Å². The molecule has 1 N–H and O–H groups in total. The monoisotopic (exact) mass is 241 g/mol. The molecule has 0 spiro atoms. The van der Waals surface area contributed by atoms with Gasteiger partial charge in [0, 0.05) is 5.02 Å². The molecule has 1 heterocycles. The third-order valence-electron chi connectivity index (χ3n) is 2.75. The Morgan fingerprint density at radius 3 is 2.62 bits per heavy atom. The van der Waals surface area contributed by atoms with Crippen LogP contribution in [0.15, 0.2) is 24.3 Å². The van der Waals surface area contributed by atoms with Gasteiger partial charge in [0.05, 0.1) is 25.9 Å². The second-order valence-corrected chi connectivity index (χ2v) is 4.24. The lowest BCUT2D eigenvalue weighted by Gasteiger charge is -2.30. The average molecular weight is 242 g/mol. The minimum absolute atomic E-state index is 0.0694. The molecule has 0 amide bonds. The van der Waals surface area contributed by atoms with E-state index >= 15 is 0 Å². The van der Waals surface area contributed by atoms with E-state index in [2.05, 4.69) is 5.32 Å². The van der Waals surface area contributed by atoms with Gasteiger partial charge in [0.2, 0.25) is 0 Å². The molecule has 4 heteroatoms. The predicted molar refractivity (Wildman–Crippen MR) is 63.8 cm³/mol. The van der Waals surface area contributed by atoms with Crippen molar-refractivity contribution in [3.8, 4) is 0 Å². The van der Waals surface area contributed by atoms with E-state index < -0.39 is 0 Å². The van der Waals surface area contributed by atoms with Crippen LogP contribution >= 0.6 is 11.6 Å². The molecule has 0 bridgehead atoms. The Labute approximate surface area is 101 Å². The van der Waals surface area contributed by atoms with E-state index in [9.17, 15) is 0 Å². The Kier molecular flexibility index (Phi) is 4.18. The van der Waals surface area contributed by atoms with Crippen LogP contribution in [0.5, 0.6) is 0 Å². The highest BCUT2D eigenvalue weighted by Crippen LogP contribution is 2.22. The van der Waals surface area contributed by atoms with Crippen LogP contribution in [-0.2, 0) is 9.47 Å². The van der Waals surface area contributed by atoms with Gasteiger partial charge in [0.1, 0.15) is 6.10 Å². The standard InChI is InChI=1S/C12H16ClNO2/c1-14-12(11-8-15-6-7-16-11)9-2-4-10(13)5-3-9/h2-5,11-12,14H,6-8H2,1H3. The van der Waals surface area contributed by atoms with Gasteiger partial charge in [-0.15, -0.1) is 0 Å². The molecule has 1 fully saturated rings. The first kappa shape index (κ1) is 11.9. The lowest BCUT2D eigenvalue weighted by atomic mass is 10.0. The zero-order chi connectivity index (χ0) is 11.4. The van der Waals surface area contributed by atoms with Crippen LogP contribution in [-0.4, -0.2) is 33.0 Å². The minimum atomic E-state index is 0.0694. The number of hydrogen-bond donors (Lipinski definition) is 1. The lowest BCUT2D eigenvalue weighted by Crippen LogP contribution is -2.39. The molecule has 16 heavy (non-hydrogen) atoms. The molecule has 0 aromatic heterocycles. The van der Waals surface area contributed by atoms with E-state index in [-0.39, 0.29) is 12.1 Å². The average Bonchev–Trinajstić information content (AvgIpc) is 2.34. The molecule has 2 atom stereocenters. The van der Waals surface area contributed by atoms with E-state index in [4.69, 9.17) is 21.1 Å². The molecule has 1 saturated heterocycles. The molecule has 2 unspecified atom stereocenters. The molecule has 2 rings (SSSR count). The van der Waals surface area contributed by atoms with Gasteiger partial charge in [-0.25, -0.2) is 0 Å². The van der Waals surface area contributed by atoms with Crippen molar-refractivity contribution < 1.29 is 9.47 Å². The maximum absolute atomic E-state index is 5.87. The van der Waals surface area contributed by atoms with E-state index in [1.54, 1.807) is 0 Å². The van der Waals surface area contributed by atoms with Gasteiger partial charge >= 0.3 is 0 Å². The first-order chi connectivity index (χ1) is 7.81. The van der Waals surface area contributed by atoms with Crippen LogP contribution in [0.3, 0.4) is 0 Å². The molecule has 88 valence electrons. The lowest BCUT2D eigenvalue weighted by molar-refractivity contribution is -0.101. The molecular formula is C12H16ClNO2. The summed E-state index contributed by atoms with van der Waals surface area (Å²) < 4.78 is 11.1. The maximum Gasteiger partial charge on any atom is 0.100 e. The Hall–Kier alpha value is -0.610. The van der Waals surface area contributed by atoms with Crippen molar-refractivity contribution in [3.63, 3.8) is 0 Å². The highest BCUT2D eigenvalue weighted by Gasteiger charge is 2.25. The molecule has 1 aromatic carbocycles. The highest BCUT2D eigenvalue weighted by atomic mass is 35.5. The minimum Gasteiger partial charge on any atom is -0.376 e. The smallest absolute Gasteiger partial charge is 0.100 e. The van der Waals surface area contributed by atoms with Crippen molar-refractivity contribution in [3.05, 3.63) is 34.9 Å². The number of ether oxygens (including phenoxy) is 2. The Morgan fingerprint density at radius 2 is 2.06 bits per heavy atom. The van der Waals surface area contributed by atoms with Gasteiger partial charge < -0.3 is 14.8 Å². The van der Waals surface area contributed by atoms with Crippen LogP contribution in [0.25, 0.3) is 0 Å². The van der Waals surface area contributed by atoms with Crippen LogP contribution in [0.4, 0.5) is 0 Å². The van der Waals surface area contributed by atoms with Crippen molar-refractivity contribution in [1.82, 2.24) is 5.32 Å². The summed E-state index contributed by atoms with van der Waals surface area (Å²) in [6.45, 7) is 1.98. The van der Waals surface area contributed by atoms with E-state index in [0.717, 1.165) is 5.02 Å². The SMILES string of the molecule is CNC(c1ccc(Cl)cc1)C1COCCO1. The van der Waals surface area contributed by atoms with Crippen LogP contribution < -0.4 is 5.32 Å². The largest absolute Gasteiger partial charge is 0.376 e. The van der Waals surface area contributed by atoms with Crippen molar-refractivity contribution in [2.45, 2.75) is 12.1 Å². The van der Waals surface area contributed by atoms with Crippen LogP contribution in [0.2, 0.25) is 5.02 Å². The Morgan fingerprint density at radius 1 is 1.31 bits per heavy atom. The Balaban J connectivity index is 2.11. The summed E-state index contributed by atoms with van der Waals surface area (Å²) in [6.07, 6.45) is 0.0694. The van der Waals surface area contributed by atoms with Gasteiger partial charge in [-0.3, -0.25) is 0 Å². The molecule has 0 radical (unpaired) electrons. The third kappa shape index (κ3) is 2.74. The van der Waals surface area contributed by atoms with Crippen LogP contribution in [0.1, 0.15) is 11.6 Å². The Bertz CT molecular complexity index is 322. The highest BCUT2D eigenvalue weighted by molar-refractivity contribution is 6.30. The summed E-state index contributed by atoms with van der Waals surface area (Å²) >= 11 is 5.87. The fraction of sp³-hybridized carbons (Fsp3) is 0.500. The van der Waals surface area contributed by atoms with Crippen LogP contribution in [0, 0.1) is 0 Å². The van der Waals surface area contributed by atoms with E-state index in [1.165, 1.54) is 5.56 Å². The third-order valence-corrected chi connectivity index (χ3v) is 3.01. The summed E-state index contributed by atoms with van der Waals surface area (Å²) in [4.78, 5) is 0. The molecule has 3 nitrogen and oxygen atoms in total. The molecule has 0 saturated carbocycles. The van der Waals surface area contributed by atoms with Crippen molar-refractivity contribution in [1.29, 1.82) is 0 Å². The van der Waals surface area contributed by atoms with Gasteiger partial charge in [-0.2, -0.15) is 0 Å². The molecule has 1 aromatic rings. The van der Waals surface area contributed by atoms with Crippen molar-refractivity contribution >= 4 is 11.6 Å². The number of rotatable bonds is 3.